The molecule has 6 rings (SSSR count). The fourth-order valence-electron chi connectivity index (χ4n) is 4.33. The van der Waals surface area contributed by atoms with Crippen LogP contribution >= 0.6 is 0 Å². The van der Waals surface area contributed by atoms with Gasteiger partial charge in [0.05, 0.1) is 11.4 Å². The Kier molecular flexibility index (Phi) is 6.63. The van der Waals surface area contributed by atoms with Crippen molar-refractivity contribution >= 4 is 10.8 Å². The maximum atomic E-state index is 5.04. The van der Waals surface area contributed by atoms with Crippen molar-refractivity contribution in [1.29, 1.82) is 0 Å². The molecule has 0 atom stereocenters. The molecule has 0 aliphatic carbocycles. The van der Waals surface area contributed by atoms with Crippen molar-refractivity contribution in [1.82, 2.24) is 9.97 Å². The molecule has 0 aliphatic rings. The van der Waals surface area contributed by atoms with Gasteiger partial charge in [0.15, 0.2) is 0 Å². The first-order valence-corrected chi connectivity index (χ1v) is 11.3. The molecule has 1 radical (unpaired) electrons. The fraction of sp³-hybridized carbons (Fsp3) is 0. The first kappa shape index (κ1) is 22.9. The van der Waals surface area contributed by atoms with E-state index in [-0.39, 0.29) is 20.1 Å². The minimum absolute atomic E-state index is 0. The fourth-order valence-corrected chi connectivity index (χ4v) is 4.33. The van der Waals surface area contributed by atoms with Gasteiger partial charge >= 0.3 is 0 Å². The van der Waals surface area contributed by atoms with Crippen molar-refractivity contribution in [3.8, 4) is 44.9 Å². The third-order valence-corrected chi connectivity index (χ3v) is 5.99. The second-order valence-corrected chi connectivity index (χ2v) is 8.22. The number of hydrogen-bond donors (Lipinski definition) is 0. The Hall–Kier alpha value is -3.91. The number of rotatable bonds is 4. The molecule has 2 aromatic heterocycles. The first-order chi connectivity index (χ1) is 16.8. The molecule has 0 fully saturated rings. The molecule has 0 unspecified atom stereocenters. The van der Waals surface area contributed by atoms with Crippen molar-refractivity contribution in [2.24, 2.45) is 0 Å². The number of pyridine rings is 2. The van der Waals surface area contributed by atoms with Gasteiger partial charge in [-0.1, -0.05) is 108 Å². The van der Waals surface area contributed by atoms with Crippen LogP contribution in [0.4, 0.5) is 0 Å². The van der Waals surface area contributed by atoms with Gasteiger partial charge in [-0.15, -0.1) is 23.6 Å². The van der Waals surface area contributed by atoms with Crippen LogP contribution in [0.15, 0.2) is 128 Å². The Bertz CT molecular complexity index is 1520. The molecule has 6 aromatic rings. The van der Waals surface area contributed by atoms with Crippen molar-refractivity contribution in [2.75, 3.05) is 0 Å². The van der Waals surface area contributed by atoms with E-state index in [1.165, 1.54) is 0 Å². The molecule has 0 N–H and O–H groups in total. The van der Waals surface area contributed by atoms with E-state index in [1.54, 1.807) is 0 Å². The van der Waals surface area contributed by atoms with Gasteiger partial charge in [0.1, 0.15) is 0 Å². The molecule has 2 nitrogen and oxygen atoms in total. The van der Waals surface area contributed by atoms with Crippen LogP contribution in [0, 0.1) is 6.07 Å². The number of hydrogen-bond acceptors (Lipinski definition) is 2. The molecule has 4 aromatic carbocycles. The summed E-state index contributed by atoms with van der Waals surface area (Å²) in [7, 11) is 0. The predicted molar refractivity (Wildman–Crippen MR) is 140 cm³/mol. The second-order valence-electron chi connectivity index (χ2n) is 8.22. The second kappa shape index (κ2) is 10.1. The summed E-state index contributed by atoms with van der Waals surface area (Å²) in [5.41, 5.74) is 8.25. The van der Waals surface area contributed by atoms with E-state index in [2.05, 4.69) is 102 Å². The van der Waals surface area contributed by atoms with E-state index in [4.69, 9.17) is 4.98 Å². The summed E-state index contributed by atoms with van der Waals surface area (Å²) in [6, 6.07) is 45.2. The van der Waals surface area contributed by atoms with E-state index in [0.29, 0.717) is 0 Å². The predicted octanol–water partition coefficient (Wildman–Crippen LogP) is 8.10. The van der Waals surface area contributed by atoms with Crippen LogP contribution in [-0.4, -0.2) is 9.97 Å². The third kappa shape index (κ3) is 4.70. The zero-order valence-electron chi connectivity index (χ0n) is 18.9. The quantitative estimate of drug-likeness (QED) is 0.185. The summed E-state index contributed by atoms with van der Waals surface area (Å²) in [4.78, 5) is 9.62. The van der Waals surface area contributed by atoms with Gasteiger partial charge in [0, 0.05) is 43.1 Å². The van der Waals surface area contributed by atoms with Gasteiger partial charge in [0.2, 0.25) is 0 Å². The van der Waals surface area contributed by atoms with Crippen LogP contribution < -0.4 is 0 Å². The molecule has 35 heavy (non-hydrogen) atoms. The largest absolute Gasteiger partial charge is 0.295 e. The van der Waals surface area contributed by atoms with Crippen molar-refractivity contribution in [3.05, 3.63) is 134 Å². The Balaban J connectivity index is 0.00000253. The SMILES string of the molecule is [Ir].[c-]1c(-c2ccccn2)cc(-c2cc(-c3ccccc3)nc(-c3ccccc3)c2)c2ccccc12. The minimum Gasteiger partial charge on any atom is -0.295 e. The van der Waals surface area contributed by atoms with E-state index >= 15 is 0 Å². The topological polar surface area (TPSA) is 25.8 Å². The van der Waals surface area contributed by atoms with Gasteiger partial charge in [-0.05, 0) is 23.8 Å². The molecule has 0 amide bonds. The molecule has 0 spiro atoms. The standard InChI is InChI=1S/C32H21N2.Ir/c1-3-11-23(12-4-1)31-21-26(22-32(34-31)24-13-5-2-6-14-24)29-20-27(30-17-9-10-18-33-30)19-25-15-7-8-16-28(25)29;/h1-18,20-22H;/q-1;. The molecular weight excluding hydrogens is 605 g/mol. The van der Waals surface area contributed by atoms with Gasteiger partial charge < -0.3 is 0 Å². The van der Waals surface area contributed by atoms with Gasteiger partial charge in [0.25, 0.3) is 0 Å². The average Bonchev–Trinajstić information content (AvgIpc) is 2.93. The average molecular weight is 626 g/mol. The van der Waals surface area contributed by atoms with Crippen LogP contribution in [0.25, 0.3) is 55.7 Å². The molecule has 0 saturated heterocycles. The Morgan fingerprint density at radius 2 is 1.11 bits per heavy atom. The first-order valence-electron chi connectivity index (χ1n) is 11.3. The van der Waals surface area contributed by atoms with Crippen molar-refractivity contribution in [3.63, 3.8) is 0 Å². The summed E-state index contributed by atoms with van der Waals surface area (Å²) in [6.07, 6.45) is 1.82. The number of benzene rings is 4. The van der Waals surface area contributed by atoms with Crippen LogP contribution in [0.5, 0.6) is 0 Å². The minimum atomic E-state index is 0. The molecule has 0 saturated carbocycles. The van der Waals surface area contributed by atoms with Gasteiger partial charge in [-0.25, -0.2) is 4.98 Å². The molecule has 0 bridgehead atoms. The van der Waals surface area contributed by atoms with Crippen LogP contribution in [0.1, 0.15) is 0 Å². The van der Waals surface area contributed by atoms with E-state index in [9.17, 15) is 0 Å². The maximum Gasteiger partial charge on any atom is 0.0715 e. The monoisotopic (exact) mass is 626 g/mol. The summed E-state index contributed by atoms with van der Waals surface area (Å²) >= 11 is 0. The number of fused-ring (bicyclic) bond motifs is 1. The van der Waals surface area contributed by atoms with Crippen LogP contribution in [-0.2, 0) is 20.1 Å². The van der Waals surface area contributed by atoms with Crippen LogP contribution in [0.3, 0.4) is 0 Å². The Morgan fingerprint density at radius 3 is 1.74 bits per heavy atom. The Morgan fingerprint density at radius 1 is 0.514 bits per heavy atom. The number of aromatic nitrogens is 2. The summed E-state index contributed by atoms with van der Waals surface area (Å²) in [5.74, 6) is 0. The normalized spacial score (nSPS) is 10.6. The van der Waals surface area contributed by atoms with Gasteiger partial charge in [-0.3, -0.25) is 4.98 Å². The molecule has 0 aliphatic heterocycles. The molecule has 3 heteroatoms. The molecule has 169 valence electrons. The van der Waals surface area contributed by atoms with E-state index < -0.39 is 0 Å². The summed E-state index contributed by atoms with van der Waals surface area (Å²) in [5, 5.41) is 2.23. The van der Waals surface area contributed by atoms with Crippen LogP contribution in [0.2, 0.25) is 0 Å². The molecule has 2 heterocycles. The zero-order chi connectivity index (χ0) is 22.7. The summed E-state index contributed by atoms with van der Waals surface area (Å²) < 4.78 is 0. The third-order valence-electron chi connectivity index (χ3n) is 5.99. The maximum absolute atomic E-state index is 5.04. The zero-order valence-corrected chi connectivity index (χ0v) is 21.2. The van der Waals surface area contributed by atoms with Crippen molar-refractivity contribution < 1.29 is 20.1 Å². The van der Waals surface area contributed by atoms with E-state index in [1.807, 2.05) is 36.5 Å². The summed E-state index contributed by atoms with van der Waals surface area (Å²) in [6.45, 7) is 0. The smallest absolute Gasteiger partial charge is 0.0715 e. The molecular formula is C32H21IrN2-. The Labute approximate surface area is 218 Å². The van der Waals surface area contributed by atoms with Crippen molar-refractivity contribution in [2.45, 2.75) is 0 Å². The van der Waals surface area contributed by atoms with E-state index in [0.717, 1.165) is 55.7 Å². The number of nitrogens with zero attached hydrogens (tertiary/aromatic N) is 2. The van der Waals surface area contributed by atoms with Gasteiger partial charge in [-0.2, -0.15) is 0 Å².